The molecule has 1 N–H and O–H groups in total. The lowest BCUT2D eigenvalue weighted by molar-refractivity contribution is 0.186. The van der Waals surface area contributed by atoms with Crippen molar-refractivity contribution in [2.75, 3.05) is 31.1 Å². The van der Waals surface area contributed by atoms with Crippen molar-refractivity contribution in [3.05, 3.63) is 4.77 Å². The highest BCUT2D eigenvalue weighted by Crippen LogP contribution is 2.25. The fourth-order valence-electron chi connectivity index (χ4n) is 3.39. The molecular formula is C13H23N5S. The van der Waals surface area contributed by atoms with Crippen LogP contribution >= 0.6 is 12.2 Å². The summed E-state index contributed by atoms with van der Waals surface area (Å²) in [4.78, 5) is 5.03. The molecule has 0 bridgehead atoms. The third-order valence-electron chi connectivity index (χ3n) is 4.49. The molecule has 0 amide bonds. The molecule has 6 heteroatoms. The van der Waals surface area contributed by atoms with Gasteiger partial charge in [-0.25, -0.2) is 5.10 Å². The second kappa shape index (κ2) is 5.63. The number of H-pyrrole nitrogens is 1. The van der Waals surface area contributed by atoms with Crippen LogP contribution in [-0.4, -0.2) is 51.9 Å². The van der Waals surface area contributed by atoms with E-state index in [9.17, 15) is 0 Å². The molecule has 19 heavy (non-hydrogen) atoms. The summed E-state index contributed by atoms with van der Waals surface area (Å²) in [6.45, 7) is 7.45. The lowest BCUT2D eigenvalue weighted by Gasteiger charge is -2.38. The van der Waals surface area contributed by atoms with Gasteiger partial charge in [0, 0.05) is 38.8 Å². The average Bonchev–Trinajstić information content (AvgIpc) is 3.08. The van der Waals surface area contributed by atoms with Gasteiger partial charge < -0.3 is 4.90 Å². The van der Waals surface area contributed by atoms with Gasteiger partial charge in [-0.3, -0.25) is 9.47 Å². The van der Waals surface area contributed by atoms with Gasteiger partial charge in [0.2, 0.25) is 5.95 Å². The molecule has 1 aliphatic heterocycles. The maximum Gasteiger partial charge on any atom is 0.225 e. The summed E-state index contributed by atoms with van der Waals surface area (Å²) in [5.74, 6) is 1.01. The van der Waals surface area contributed by atoms with E-state index in [1.54, 1.807) is 0 Å². The standard InChI is InChI=1S/C13H23N5S/c1-2-18-12(14-15-13(18)19)17-9-7-16(8-10-17)11-5-3-4-6-11/h11H,2-10H2,1H3,(H,15,19). The fraction of sp³-hybridized carbons (Fsp3) is 0.846. The number of nitrogens with zero attached hydrogens (tertiary/aromatic N) is 4. The van der Waals surface area contributed by atoms with Gasteiger partial charge in [-0.1, -0.05) is 12.8 Å². The van der Waals surface area contributed by atoms with Crippen LogP contribution in [0.5, 0.6) is 0 Å². The van der Waals surface area contributed by atoms with Crippen LogP contribution in [0.25, 0.3) is 0 Å². The van der Waals surface area contributed by atoms with E-state index in [1.807, 2.05) is 0 Å². The molecule has 0 spiro atoms. The number of aromatic nitrogens is 3. The highest BCUT2D eigenvalue weighted by atomic mass is 32.1. The molecular weight excluding hydrogens is 258 g/mol. The van der Waals surface area contributed by atoms with Crippen molar-refractivity contribution in [3.8, 4) is 0 Å². The lowest BCUT2D eigenvalue weighted by atomic mass is 10.2. The Morgan fingerprint density at radius 3 is 2.53 bits per heavy atom. The first-order valence-corrected chi connectivity index (χ1v) is 7.84. The molecule has 2 aliphatic rings. The molecule has 1 aromatic rings. The van der Waals surface area contributed by atoms with Crippen molar-refractivity contribution in [3.63, 3.8) is 0 Å². The van der Waals surface area contributed by atoms with Gasteiger partial charge in [-0.15, -0.1) is 5.10 Å². The maximum absolute atomic E-state index is 5.26. The SMILES string of the molecule is CCn1c(N2CCN(C3CCCC3)CC2)n[nH]c1=S. The first kappa shape index (κ1) is 13.1. The molecule has 1 aliphatic carbocycles. The third-order valence-corrected chi connectivity index (χ3v) is 4.80. The van der Waals surface area contributed by atoms with Crippen LogP contribution in [0, 0.1) is 4.77 Å². The molecule has 0 unspecified atom stereocenters. The zero-order valence-corrected chi connectivity index (χ0v) is 12.5. The second-order valence-corrected chi connectivity index (χ2v) is 5.92. The van der Waals surface area contributed by atoms with Gasteiger partial charge in [0.15, 0.2) is 4.77 Å². The van der Waals surface area contributed by atoms with E-state index in [1.165, 1.54) is 25.7 Å². The Balaban J connectivity index is 1.64. The smallest absolute Gasteiger partial charge is 0.225 e. The average molecular weight is 281 g/mol. The predicted octanol–water partition coefficient (Wildman–Crippen LogP) is 2.03. The molecule has 2 heterocycles. The van der Waals surface area contributed by atoms with E-state index < -0.39 is 0 Å². The topological polar surface area (TPSA) is 40.1 Å². The molecule has 1 saturated heterocycles. The number of anilines is 1. The van der Waals surface area contributed by atoms with Crippen LogP contribution < -0.4 is 4.90 Å². The maximum atomic E-state index is 5.26. The lowest BCUT2D eigenvalue weighted by Crippen LogP contribution is -2.50. The monoisotopic (exact) mass is 281 g/mol. The van der Waals surface area contributed by atoms with Crippen molar-refractivity contribution in [2.45, 2.75) is 45.2 Å². The highest BCUT2D eigenvalue weighted by Gasteiger charge is 2.27. The summed E-state index contributed by atoms with van der Waals surface area (Å²) >= 11 is 5.26. The molecule has 1 saturated carbocycles. The fourth-order valence-corrected chi connectivity index (χ4v) is 3.65. The summed E-state index contributed by atoms with van der Waals surface area (Å²) in [6.07, 6.45) is 5.63. The molecule has 0 atom stereocenters. The first-order valence-electron chi connectivity index (χ1n) is 7.44. The summed E-state index contributed by atoms with van der Waals surface area (Å²) < 4.78 is 2.82. The molecule has 0 aromatic carbocycles. The summed E-state index contributed by atoms with van der Waals surface area (Å²) in [5.41, 5.74) is 0. The van der Waals surface area contributed by atoms with Crippen LogP contribution in [0.1, 0.15) is 32.6 Å². The minimum Gasteiger partial charge on any atom is -0.338 e. The Morgan fingerprint density at radius 2 is 1.89 bits per heavy atom. The minimum absolute atomic E-state index is 0.732. The van der Waals surface area contributed by atoms with Crippen LogP contribution in [0.3, 0.4) is 0 Å². The summed E-state index contributed by atoms with van der Waals surface area (Å²) in [6, 6.07) is 0.842. The summed E-state index contributed by atoms with van der Waals surface area (Å²) in [5, 5.41) is 7.30. The van der Waals surface area contributed by atoms with Crippen LogP contribution in [-0.2, 0) is 6.54 Å². The van der Waals surface area contributed by atoms with Gasteiger partial charge in [-0.05, 0) is 32.0 Å². The van der Waals surface area contributed by atoms with Gasteiger partial charge in [0.25, 0.3) is 0 Å². The number of piperazine rings is 1. The number of nitrogens with one attached hydrogen (secondary N) is 1. The Labute approximate surface area is 119 Å². The van der Waals surface area contributed by atoms with Crippen LogP contribution in [0.2, 0.25) is 0 Å². The highest BCUT2D eigenvalue weighted by molar-refractivity contribution is 7.71. The zero-order chi connectivity index (χ0) is 13.2. The van der Waals surface area contributed by atoms with E-state index in [2.05, 4.69) is 31.5 Å². The van der Waals surface area contributed by atoms with Gasteiger partial charge in [0.1, 0.15) is 0 Å². The van der Waals surface area contributed by atoms with Crippen molar-refractivity contribution in [2.24, 2.45) is 0 Å². The molecule has 3 rings (SSSR count). The number of hydrogen-bond donors (Lipinski definition) is 1. The van der Waals surface area contributed by atoms with Gasteiger partial charge in [0.05, 0.1) is 0 Å². The minimum atomic E-state index is 0.732. The number of rotatable bonds is 3. The normalized spacial score (nSPS) is 22.3. The Hall–Kier alpha value is -0.880. The van der Waals surface area contributed by atoms with E-state index in [4.69, 9.17) is 12.2 Å². The Kier molecular flexibility index (Phi) is 3.88. The molecule has 5 nitrogen and oxygen atoms in total. The van der Waals surface area contributed by atoms with E-state index in [0.29, 0.717) is 0 Å². The first-order chi connectivity index (χ1) is 9.29. The predicted molar refractivity (Wildman–Crippen MR) is 79.1 cm³/mol. The molecule has 0 radical (unpaired) electrons. The Bertz CT molecular complexity index is 466. The van der Waals surface area contributed by atoms with E-state index >= 15 is 0 Å². The van der Waals surface area contributed by atoms with E-state index in [-0.39, 0.29) is 0 Å². The third kappa shape index (κ3) is 2.56. The van der Waals surface area contributed by atoms with Gasteiger partial charge >= 0.3 is 0 Å². The van der Waals surface area contributed by atoms with Crippen LogP contribution in [0.4, 0.5) is 5.95 Å². The van der Waals surface area contributed by atoms with E-state index in [0.717, 1.165) is 49.5 Å². The van der Waals surface area contributed by atoms with Crippen LogP contribution in [0.15, 0.2) is 0 Å². The number of aromatic amines is 1. The summed E-state index contributed by atoms with van der Waals surface area (Å²) in [7, 11) is 0. The zero-order valence-electron chi connectivity index (χ0n) is 11.6. The quantitative estimate of drug-likeness (QED) is 0.861. The van der Waals surface area contributed by atoms with Crippen molar-refractivity contribution in [1.82, 2.24) is 19.7 Å². The Morgan fingerprint density at radius 1 is 1.21 bits per heavy atom. The molecule has 1 aromatic heterocycles. The number of hydrogen-bond acceptors (Lipinski definition) is 4. The van der Waals surface area contributed by atoms with Crippen molar-refractivity contribution in [1.29, 1.82) is 0 Å². The van der Waals surface area contributed by atoms with Crippen molar-refractivity contribution < 1.29 is 0 Å². The van der Waals surface area contributed by atoms with Gasteiger partial charge in [-0.2, -0.15) is 0 Å². The molecule has 2 fully saturated rings. The largest absolute Gasteiger partial charge is 0.338 e. The van der Waals surface area contributed by atoms with Crippen molar-refractivity contribution >= 4 is 18.2 Å². The molecule has 106 valence electrons. The second-order valence-electron chi connectivity index (χ2n) is 5.53.